The van der Waals surface area contributed by atoms with E-state index in [0.29, 0.717) is 9.80 Å². The third kappa shape index (κ3) is 20.4. The zero-order valence-electron chi connectivity index (χ0n) is 12.5. The van der Waals surface area contributed by atoms with Crippen LogP contribution < -0.4 is 9.79 Å². The zero-order chi connectivity index (χ0) is 19.4. The average molecular weight is 584 g/mol. The van der Waals surface area contributed by atoms with E-state index in [2.05, 4.69) is 0 Å². The van der Waals surface area contributed by atoms with Crippen molar-refractivity contribution in [1.29, 1.82) is 0 Å². The molecule has 0 rings (SSSR count). The smallest absolute Gasteiger partial charge is 0.339 e. The first-order valence-electron chi connectivity index (χ1n) is 5.96. The molecule has 0 aliphatic heterocycles. The maximum absolute atomic E-state index is 10.9. The third-order valence-corrected chi connectivity index (χ3v) is 5.31. The first-order chi connectivity index (χ1) is 10.4. The Bertz CT molecular complexity index is 492. The molecule has 0 saturated carbocycles. The second-order valence-corrected chi connectivity index (χ2v) is 11.3. The molecule has 14 nitrogen and oxygen atoms in total. The Labute approximate surface area is 175 Å². The molecular weight excluding hydrogens is 566 g/mol. The van der Waals surface area contributed by atoms with E-state index in [-0.39, 0.29) is 40.4 Å². The van der Waals surface area contributed by atoms with Gasteiger partial charge in [-0.15, -0.1) is 0 Å². The van der Waals surface area contributed by atoms with Gasteiger partial charge in [0.05, 0.1) is 12.6 Å². The van der Waals surface area contributed by atoms with E-state index in [0.717, 1.165) is 0 Å². The van der Waals surface area contributed by atoms with Crippen LogP contribution in [0.25, 0.3) is 0 Å². The first kappa shape index (κ1) is 29.1. The Kier molecular flexibility index (Phi) is 13.0. The van der Waals surface area contributed by atoms with Gasteiger partial charge in [-0.25, -0.2) is 0 Å². The van der Waals surface area contributed by atoms with Crippen molar-refractivity contribution in [2.75, 3.05) is 38.2 Å². The summed E-state index contributed by atoms with van der Waals surface area (Å²) in [6.45, 7) is -1.14. The minimum absolute atomic E-state index is 0. The van der Waals surface area contributed by atoms with Crippen LogP contribution in [0.4, 0.5) is 0 Å². The van der Waals surface area contributed by atoms with Crippen molar-refractivity contribution >= 4 is 30.4 Å². The normalized spacial score (nSPS) is 17.8. The van der Waals surface area contributed by atoms with E-state index >= 15 is 0 Å². The molecule has 0 fully saturated rings. The van der Waals surface area contributed by atoms with E-state index in [1.807, 2.05) is 0 Å². The van der Waals surface area contributed by atoms with Crippen LogP contribution in [-0.2, 0) is 18.3 Å². The first-order valence-corrected chi connectivity index (χ1v) is 13.1. The summed E-state index contributed by atoms with van der Waals surface area (Å²) < 4.78 is 43.6. The molecule has 0 aromatic heterocycles. The van der Waals surface area contributed by atoms with Gasteiger partial charge >= 0.3 is 15.2 Å². The molecule has 25 heavy (non-hydrogen) atoms. The summed E-state index contributed by atoms with van der Waals surface area (Å²) in [5.41, 5.74) is 0. The number of hydrogen-bond donors (Lipinski definition) is 6. The van der Waals surface area contributed by atoms with Gasteiger partial charge in [0.1, 0.15) is 27.8 Å². The van der Waals surface area contributed by atoms with E-state index in [9.17, 15) is 28.0 Å². The van der Waals surface area contributed by atoms with Crippen LogP contribution in [0, 0.1) is 40.4 Å². The van der Waals surface area contributed by atoms with Crippen molar-refractivity contribution in [2.24, 2.45) is 0 Å². The van der Waals surface area contributed by atoms with Crippen LogP contribution in [0.2, 0.25) is 0 Å². The molecule has 0 aliphatic carbocycles. The van der Waals surface area contributed by atoms with Gasteiger partial charge in [-0.2, -0.15) is 0 Å². The largest absolute Gasteiger partial charge is 0.778 e. The van der Waals surface area contributed by atoms with E-state index in [1.54, 1.807) is 0 Å². The SMILES string of the molecule is O=P([O-])(O)CN(CCN(CP(=O)(O)O)CP(=O)(O)O)CP(=O)([O-])O.[Sm]. The van der Waals surface area contributed by atoms with Crippen LogP contribution in [-0.4, -0.2) is 77.4 Å². The number of hydrogen-bond acceptors (Lipinski definition) is 8. The molecule has 0 bridgehead atoms. The van der Waals surface area contributed by atoms with Crippen molar-refractivity contribution in [2.45, 2.75) is 0 Å². The number of rotatable bonds is 11. The monoisotopic (exact) mass is 586 g/mol. The topological polar surface area (TPSA) is 242 Å². The summed E-state index contributed by atoms with van der Waals surface area (Å²) in [5, 5.41) is 0. The second-order valence-electron chi connectivity index (χ2n) is 4.96. The quantitative estimate of drug-likeness (QED) is 0.132. The predicted molar refractivity (Wildman–Crippen MR) is 76.6 cm³/mol. The minimum atomic E-state index is -4.97. The Morgan fingerprint density at radius 2 is 0.840 bits per heavy atom. The van der Waals surface area contributed by atoms with Crippen molar-refractivity contribution in [3.8, 4) is 0 Å². The molecule has 0 saturated heterocycles. The molecule has 0 heterocycles. The molecule has 152 valence electrons. The van der Waals surface area contributed by atoms with Gasteiger partial charge in [0, 0.05) is 53.5 Å². The molecular formula is C6H18N2O12P4Sm-2. The molecule has 2 atom stereocenters. The molecule has 19 heteroatoms. The molecule has 0 radical (unpaired) electrons. The molecule has 0 amide bonds. The predicted octanol–water partition coefficient (Wildman–Crippen LogP) is -3.13. The maximum atomic E-state index is 10.9. The van der Waals surface area contributed by atoms with Gasteiger partial charge < -0.3 is 48.3 Å². The fourth-order valence-electron chi connectivity index (χ4n) is 1.68. The third-order valence-electron chi connectivity index (χ3n) is 2.26. The summed E-state index contributed by atoms with van der Waals surface area (Å²) in [5.74, 6) is 0. The fourth-order valence-corrected chi connectivity index (χ4v) is 5.02. The summed E-state index contributed by atoms with van der Waals surface area (Å²) >= 11 is 0. The molecule has 2 unspecified atom stereocenters. The Morgan fingerprint density at radius 1 is 0.600 bits per heavy atom. The standard InChI is InChI=1S/C6H20N2O12P4.Sm/c9-21(10,11)3-7(4-22(12,13)14)1-2-8(5-23(15,16)17)6-24(18,19)20;/h1-6H2,(H2,9,10,11)(H2,12,13,14)(H2,15,16,17)(H2,18,19,20);/p-2. The Morgan fingerprint density at radius 3 is 1.04 bits per heavy atom. The molecule has 6 N–H and O–H groups in total. The summed E-state index contributed by atoms with van der Waals surface area (Å²) in [4.78, 5) is 75.7. The van der Waals surface area contributed by atoms with Gasteiger partial charge in [0.2, 0.25) is 0 Å². The van der Waals surface area contributed by atoms with Crippen LogP contribution in [0.3, 0.4) is 0 Å². The van der Waals surface area contributed by atoms with Crippen molar-refractivity contribution < 1.29 is 97.8 Å². The minimum Gasteiger partial charge on any atom is -0.778 e. The second kappa shape index (κ2) is 11.1. The van der Waals surface area contributed by atoms with E-state index < -0.39 is 68.6 Å². The molecule has 0 aliphatic rings. The number of nitrogens with zero attached hydrogens (tertiary/aromatic N) is 2. The van der Waals surface area contributed by atoms with Crippen molar-refractivity contribution in [1.82, 2.24) is 9.80 Å². The van der Waals surface area contributed by atoms with Gasteiger partial charge in [-0.05, 0) is 0 Å². The van der Waals surface area contributed by atoms with Crippen molar-refractivity contribution in [3.05, 3.63) is 0 Å². The fraction of sp³-hybridized carbons (Fsp3) is 1.00. The van der Waals surface area contributed by atoms with E-state index in [4.69, 9.17) is 29.4 Å². The van der Waals surface area contributed by atoms with Crippen molar-refractivity contribution in [3.63, 3.8) is 0 Å². The van der Waals surface area contributed by atoms with Crippen LogP contribution in [0.1, 0.15) is 0 Å². The maximum Gasteiger partial charge on any atom is 0.339 e. The Balaban J connectivity index is 0. The van der Waals surface area contributed by atoms with Gasteiger partial charge in [0.15, 0.2) is 0 Å². The van der Waals surface area contributed by atoms with Crippen LogP contribution in [0.15, 0.2) is 0 Å². The van der Waals surface area contributed by atoms with Crippen LogP contribution in [0.5, 0.6) is 0 Å². The average Bonchev–Trinajstić information content (AvgIpc) is 2.16. The Hall–Kier alpha value is 1.86. The molecule has 0 aromatic carbocycles. The van der Waals surface area contributed by atoms with Gasteiger partial charge in [-0.1, -0.05) is 0 Å². The summed E-state index contributed by atoms with van der Waals surface area (Å²) in [7, 11) is -19.4. The summed E-state index contributed by atoms with van der Waals surface area (Å²) in [6.07, 6.45) is -4.54. The summed E-state index contributed by atoms with van der Waals surface area (Å²) in [6, 6.07) is 0. The molecule has 0 aromatic rings. The molecule has 0 spiro atoms. The van der Waals surface area contributed by atoms with Crippen LogP contribution >= 0.6 is 30.4 Å². The van der Waals surface area contributed by atoms with Gasteiger partial charge in [0.25, 0.3) is 0 Å². The van der Waals surface area contributed by atoms with E-state index in [1.165, 1.54) is 0 Å². The van der Waals surface area contributed by atoms with Gasteiger partial charge in [-0.3, -0.25) is 18.9 Å². The zero-order valence-corrected chi connectivity index (χ0v) is 18.7.